The van der Waals surface area contributed by atoms with E-state index in [1.807, 2.05) is 29.5 Å². The Morgan fingerprint density at radius 2 is 2.04 bits per heavy atom. The number of hydrogen-bond donors (Lipinski definition) is 0. The van der Waals surface area contributed by atoms with Crippen molar-refractivity contribution >= 4 is 5.91 Å². The van der Waals surface area contributed by atoms with Crippen molar-refractivity contribution in [3.63, 3.8) is 0 Å². The Hall–Kier alpha value is -2.50. The van der Waals surface area contributed by atoms with Gasteiger partial charge in [-0.25, -0.2) is 0 Å². The van der Waals surface area contributed by atoms with Crippen LogP contribution in [-0.2, 0) is 13.0 Å². The molecule has 3 heterocycles. The molecule has 150 valence electrons. The van der Waals surface area contributed by atoms with E-state index in [-0.39, 0.29) is 11.3 Å². The van der Waals surface area contributed by atoms with Crippen LogP contribution in [0, 0.1) is 19.3 Å². The van der Waals surface area contributed by atoms with Gasteiger partial charge in [0.2, 0.25) is 6.79 Å². The van der Waals surface area contributed by atoms with Gasteiger partial charge in [0, 0.05) is 25.3 Å². The number of nitrogens with zero attached hydrogens (tertiary/aromatic N) is 3. The van der Waals surface area contributed by atoms with Gasteiger partial charge in [-0.3, -0.25) is 9.48 Å². The molecule has 6 heteroatoms. The third kappa shape index (κ3) is 3.36. The first kappa shape index (κ1) is 18.8. The van der Waals surface area contributed by atoms with Gasteiger partial charge in [0.25, 0.3) is 5.91 Å². The minimum Gasteiger partial charge on any atom is -0.454 e. The molecule has 0 N–H and O–H groups in total. The maximum absolute atomic E-state index is 13.3. The third-order valence-electron chi connectivity index (χ3n) is 6.03. The molecule has 2 aliphatic rings. The van der Waals surface area contributed by atoms with E-state index in [4.69, 9.17) is 9.47 Å². The van der Waals surface area contributed by atoms with Crippen molar-refractivity contribution in [3.8, 4) is 11.5 Å². The Bertz CT molecular complexity index is 905. The number of ether oxygens (including phenoxy) is 2. The SMILES string of the molecule is CCn1nc(C)c(C(=O)N2CCCC(C)(Cc3ccc4c(c3)OCO4)C2)c1C. The molecule has 1 aromatic carbocycles. The molecule has 1 fully saturated rings. The first-order valence-electron chi connectivity index (χ1n) is 10.1. The Balaban J connectivity index is 1.52. The van der Waals surface area contributed by atoms with Gasteiger partial charge < -0.3 is 14.4 Å². The van der Waals surface area contributed by atoms with Crippen LogP contribution in [0.15, 0.2) is 18.2 Å². The summed E-state index contributed by atoms with van der Waals surface area (Å²) in [6.45, 7) is 10.9. The minimum absolute atomic E-state index is 0.0458. The van der Waals surface area contributed by atoms with Crippen molar-refractivity contribution in [1.29, 1.82) is 0 Å². The predicted octanol–water partition coefficient (Wildman–Crippen LogP) is 3.73. The molecule has 0 radical (unpaired) electrons. The minimum atomic E-state index is 0.0458. The topological polar surface area (TPSA) is 56.6 Å². The summed E-state index contributed by atoms with van der Waals surface area (Å²) in [4.78, 5) is 15.3. The van der Waals surface area contributed by atoms with Crippen LogP contribution in [0.2, 0.25) is 0 Å². The molecule has 1 unspecified atom stereocenters. The fourth-order valence-corrected chi connectivity index (χ4v) is 4.65. The Labute approximate surface area is 166 Å². The van der Waals surface area contributed by atoms with E-state index < -0.39 is 0 Å². The summed E-state index contributed by atoms with van der Waals surface area (Å²) in [5.74, 6) is 1.75. The van der Waals surface area contributed by atoms with Gasteiger partial charge in [-0.05, 0) is 63.1 Å². The normalized spacial score (nSPS) is 21.2. The lowest BCUT2D eigenvalue weighted by molar-refractivity contribution is 0.0549. The van der Waals surface area contributed by atoms with Crippen LogP contribution < -0.4 is 9.47 Å². The molecule has 1 atom stereocenters. The van der Waals surface area contributed by atoms with Gasteiger partial charge in [0.1, 0.15) is 0 Å². The summed E-state index contributed by atoms with van der Waals surface area (Å²) >= 11 is 0. The van der Waals surface area contributed by atoms with Crippen LogP contribution in [0.25, 0.3) is 0 Å². The summed E-state index contributed by atoms with van der Waals surface area (Å²) in [5, 5.41) is 4.53. The zero-order valence-electron chi connectivity index (χ0n) is 17.2. The summed E-state index contributed by atoms with van der Waals surface area (Å²) in [6, 6.07) is 6.17. The lowest BCUT2D eigenvalue weighted by Crippen LogP contribution is -2.46. The molecule has 1 aromatic heterocycles. The second-order valence-electron chi connectivity index (χ2n) is 8.37. The van der Waals surface area contributed by atoms with Gasteiger partial charge in [0.05, 0.1) is 11.3 Å². The fraction of sp³-hybridized carbons (Fsp3) is 0.545. The average Bonchev–Trinajstić information content (AvgIpc) is 3.24. The highest BCUT2D eigenvalue weighted by Crippen LogP contribution is 2.38. The molecule has 6 nitrogen and oxygen atoms in total. The number of fused-ring (bicyclic) bond motifs is 1. The number of amides is 1. The van der Waals surface area contributed by atoms with E-state index in [0.29, 0.717) is 6.79 Å². The van der Waals surface area contributed by atoms with E-state index in [1.165, 1.54) is 5.56 Å². The van der Waals surface area contributed by atoms with Crippen molar-refractivity contribution < 1.29 is 14.3 Å². The maximum atomic E-state index is 13.3. The van der Waals surface area contributed by atoms with Gasteiger partial charge in [-0.2, -0.15) is 5.10 Å². The van der Waals surface area contributed by atoms with Crippen LogP contribution in [0.5, 0.6) is 11.5 Å². The Morgan fingerprint density at radius 3 is 2.79 bits per heavy atom. The second-order valence-corrected chi connectivity index (χ2v) is 8.37. The standard InChI is InChI=1S/C22H29N3O3/c1-5-25-16(3)20(15(2)23-25)21(26)24-10-6-9-22(4,13-24)12-17-7-8-18-19(11-17)28-14-27-18/h7-8,11H,5-6,9-10,12-14H2,1-4H3. The van der Waals surface area contributed by atoms with Gasteiger partial charge in [0.15, 0.2) is 11.5 Å². The van der Waals surface area contributed by atoms with Gasteiger partial charge >= 0.3 is 0 Å². The maximum Gasteiger partial charge on any atom is 0.257 e. The smallest absolute Gasteiger partial charge is 0.257 e. The number of piperidine rings is 1. The molecule has 2 aromatic rings. The lowest BCUT2D eigenvalue weighted by Gasteiger charge is -2.41. The molecule has 0 aliphatic carbocycles. The largest absolute Gasteiger partial charge is 0.454 e. The number of hydrogen-bond acceptors (Lipinski definition) is 4. The number of benzene rings is 1. The number of aryl methyl sites for hydroxylation is 2. The summed E-state index contributed by atoms with van der Waals surface area (Å²) in [6.07, 6.45) is 3.05. The predicted molar refractivity (Wildman–Crippen MR) is 107 cm³/mol. The monoisotopic (exact) mass is 383 g/mol. The number of rotatable bonds is 4. The highest BCUT2D eigenvalue weighted by molar-refractivity contribution is 5.96. The second kappa shape index (κ2) is 7.15. The van der Waals surface area contributed by atoms with Gasteiger partial charge in [-0.1, -0.05) is 13.0 Å². The van der Waals surface area contributed by atoms with Gasteiger partial charge in [-0.15, -0.1) is 0 Å². The molecule has 1 amide bonds. The molecule has 0 spiro atoms. The fourth-order valence-electron chi connectivity index (χ4n) is 4.65. The Kier molecular flexibility index (Phi) is 4.81. The van der Waals surface area contributed by atoms with Crippen LogP contribution in [0.1, 0.15) is 54.0 Å². The highest BCUT2D eigenvalue weighted by atomic mass is 16.7. The molecular formula is C22H29N3O3. The summed E-state index contributed by atoms with van der Waals surface area (Å²) in [7, 11) is 0. The van der Waals surface area contributed by atoms with E-state index in [9.17, 15) is 4.79 Å². The van der Waals surface area contributed by atoms with Crippen molar-refractivity contribution in [2.75, 3.05) is 19.9 Å². The first-order chi connectivity index (χ1) is 13.4. The number of carbonyl (C=O) groups is 1. The number of carbonyl (C=O) groups excluding carboxylic acids is 1. The summed E-state index contributed by atoms with van der Waals surface area (Å²) < 4.78 is 12.9. The van der Waals surface area contributed by atoms with Crippen molar-refractivity contribution in [2.45, 2.75) is 53.5 Å². The van der Waals surface area contributed by atoms with E-state index in [2.05, 4.69) is 31.1 Å². The Morgan fingerprint density at radius 1 is 1.25 bits per heavy atom. The van der Waals surface area contributed by atoms with Crippen molar-refractivity contribution in [2.24, 2.45) is 5.41 Å². The first-order valence-corrected chi connectivity index (χ1v) is 10.1. The van der Waals surface area contributed by atoms with E-state index in [1.54, 1.807) is 0 Å². The zero-order chi connectivity index (χ0) is 19.9. The molecule has 1 saturated heterocycles. The van der Waals surface area contributed by atoms with E-state index in [0.717, 1.165) is 67.3 Å². The third-order valence-corrected chi connectivity index (χ3v) is 6.03. The molecule has 28 heavy (non-hydrogen) atoms. The molecule has 4 rings (SSSR count). The quantitative estimate of drug-likeness (QED) is 0.807. The van der Waals surface area contributed by atoms with Crippen molar-refractivity contribution in [1.82, 2.24) is 14.7 Å². The number of aromatic nitrogens is 2. The van der Waals surface area contributed by atoms with Crippen LogP contribution in [0.4, 0.5) is 0 Å². The van der Waals surface area contributed by atoms with Crippen LogP contribution in [0.3, 0.4) is 0 Å². The van der Waals surface area contributed by atoms with Crippen LogP contribution >= 0.6 is 0 Å². The average molecular weight is 383 g/mol. The number of likely N-dealkylation sites (tertiary alicyclic amines) is 1. The van der Waals surface area contributed by atoms with E-state index >= 15 is 0 Å². The lowest BCUT2D eigenvalue weighted by atomic mass is 9.76. The molecule has 0 saturated carbocycles. The molecular weight excluding hydrogens is 354 g/mol. The highest BCUT2D eigenvalue weighted by Gasteiger charge is 2.35. The van der Waals surface area contributed by atoms with Crippen LogP contribution in [-0.4, -0.2) is 40.5 Å². The summed E-state index contributed by atoms with van der Waals surface area (Å²) in [5.41, 5.74) is 3.84. The van der Waals surface area contributed by atoms with Crippen molar-refractivity contribution in [3.05, 3.63) is 40.7 Å². The molecule has 2 aliphatic heterocycles. The molecule has 0 bridgehead atoms. The zero-order valence-corrected chi connectivity index (χ0v) is 17.2.